The fraction of sp³-hybridized carbons (Fsp3) is 0.478. The number of imidazole rings is 1. The fourth-order valence-electron chi connectivity index (χ4n) is 3.74. The maximum atomic E-state index is 13.8. The highest BCUT2D eigenvalue weighted by Gasteiger charge is 2.19. The number of anilines is 1. The summed E-state index contributed by atoms with van der Waals surface area (Å²) in [5.41, 5.74) is -0.931. The van der Waals surface area contributed by atoms with Crippen LogP contribution in [0.1, 0.15) is 58.2 Å². The third-order valence-corrected chi connectivity index (χ3v) is 5.49. The van der Waals surface area contributed by atoms with Crippen LogP contribution in [0.15, 0.2) is 27.8 Å². The molecule has 0 atom stereocenters. The number of unbranched alkanes of at least 4 members (excludes halogenated alkanes) is 3. The van der Waals surface area contributed by atoms with E-state index in [4.69, 9.17) is 0 Å². The van der Waals surface area contributed by atoms with Gasteiger partial charge in [0.15, 0.2) is 11.2 Å². The minimum Gasteiger partial charge on any atom is -0.322 e. The van der Waals surface area contributed by atoms with E-state index >= 15 is 0 Å². The first kappa shape index (κ1) is 24.3. The Balaban J connectivity index is 1.92. The molecule has 0 spiro atoms. The van der Waals surface area contributed by atoms with Crippen molar-refractivity contribution in [3.8, 4) is 0 Å². The van der Waals surface area contributed by atoms with Crippen LogP contribution in [0.2, 0.25) is 0 Å². The van der Waals surface area contributed by atoms with Gasteiger partial charge in [0, 0.05) is 25.9 Å². The van der Waals surface area contributed by atoms with Crippen molar-refractivity contribution < 1.29 is 13.6 Å². The number of halogens is 2. The molecule has 0 aliphatic carbocycles. The van der Waals surface area contributed by atoms with Crippen molar-refractivity contribution in [2.24, 2.45) is 0 Å². The van der Waals surface area contributed by atoms with E-state index in [1.54, 1.807) is 4.57 Å². The number of aryl methyl sites for hydroxylation is 3. The van der Waals surface area contributed by atoms with Gasteiger partial charge in [-0.05, 0) is 25.0 Å². The third-order valence-electron chi connectivity index (χ3n) is 5.49. The normalized spacial score (nSPS) is 11.3. The molecule has 0 saturated heterocycles. The lowest BCUT2D eigenvalue weighted by atomic mass is 10.2. The summed E-state index contributed by atoms with van der Waals surface area (Å²) in [6.07, 6.45) is 4.39. The number of fused-ring (bicyclic) bond motifs is 1. The lowest BCUT2D eigenvalue weighted by Gasteiger charge is -2.10. The number of hydrogen-bond donors (Lipinski definition) is 2. The monoisotopic (exact) mass is 461 g/mol. The van der Waals surface area contributed by atoms with Crippen LogP contribution in [-0.2, 0) is 24.3 Å². The lowest BCUT2D eigenvalue weighted by molar-refractivity contribution is -0.116. The van der Waals surface area contributed by atoms with Gasteiger partial charge in [-0.3, -0.25) is 19.1 Å². The van der Waals surface area contributed by atoms with E-state index in [9.17, 15) is 23.2 Å². The Labute approximate surface area is 189 Å². The van der Waals surface area contributed by atoms with Gasteiger partial charge in [-0.1, -0.05) is 39.2 Å². The second-order valence-electron chi connectivity index (χ2n) is 7.97. The zero-order valence-corrected chi connectivity index (χ0v) is 18.9. The minimum atomic E-state index is -0.860. The topological polar surface area (TPSA) is 102 Å². The summed E-state index contributed by atoms with van der Waals surface area (Å²) >= 11 is 0. The maximum absolute atomic E-state index is 13.8. The van der Waals surface area contributed by atoms with Crippen LogP contribution in [0.25, 0.3) is 11.2 Å². The van der Waals surface area contributed by atoms with E-state index < -0.39 is 34.5 Å². The molecule has 0 radical (unpaired) electrons. The van der Waals surface area contributed by atoms with Gasteiger partial charge in [0.25, 0.3) is 5.56 Å². The van der Waals surface area contributed by atoms with Gasteiger partial charge < -0.3 is 9.88 Å². The van der Waals surface area contributed by atoms with Crippen molar-refractivity contribution in [2.75, 3.05) is 5.32 Å². The molecule has 1 aromatic carbocycles. The van der Waals surface area contributed by atoms with Crippen LogP contribution < -0.4 is 16.6 Å². The summed E-state index contributed by atoms with van der Waals surface area (Å²) in [7, 11) is 0. The lowest BCUT2D eigenvalue weighted by Crippen LogP contribution is -2.31. The van der Waals surface area contributed by atoms with E-state index in [0.29, 0.717) is 30.1 Å². The molecule has 33 heavy (non-hydrogen) atoms. The van der Waals surface area contributed by atoms with Crippen molar-refractivity contribution in [1.29, 1.82) is 0 Å². The maximum Gasteiger partial charge on any atom is 0.330 e. The number of rotatable bonds is 11. The molecule has 0 unspecified atom stereocenters. The predicted molar refractivity (Wildman–Crippen MR) is 122 cm³/mol. The van der Waals surface area contributed by atoms with Gasteiger partial charge in [0.1, 0.15) is 23.1 Å². The first-order chi connectivity index (χ1) is 15.9. The number of amides is 1. The van der Waals surface area contributed by atoms with E-state index in [0.717, 1.165) is 44.2 Å². The Morgan fingerprint density at radius 3 is 2.36 bits per heavy atom. The highest BCUT2D eigenvalue weighted by Crippen LogP contribution is 2.19. The minimum absolute atomic E-state index is 0.0953. The Morgan fingerprint density at radius 1 is 1.03 bits per heavy atom. The van der Waals surface area contributed by atoms with E-state index in [2.05, 4.69) is 22.2 Å². The SMILES string of the molecule is CCCCCn1c(CCC(=O)Nc2c(F)cccc2F)nc2c1c(=O)[nH]c(=O)n2CCCC. The Morgan fingerprint density at radius 2 is 1.70 bits per heavy atom. The molecular formula is C23H29F2N5O3. The molecule has 2 N–H and O–H groups in total. The Hall–Kier alpha value is -3.30. The van der Waals surface area contributed by atoms with Gasteiger partial charge in [-0.15, -0.1) is 0 Å². The number of carbonyl (C=O) groups is 1. The average molecular weight is 462 g/mol. The molecule has 0 aliphatic heterocycles. The molecule has 3 rings (SSSR count). The Kier molecular flexibility index (Phi) is 8.13. The molecule has 0 fully saturated rings. The number of H-pyrrole nitrogens is 1. The first-order valence-electron chi connectivity index (χ1n) is 11.3. The van der Waals surface area contributed by atoms with Crippen LogP contribution in [0.3, 0.4) is 0 Å². The first-order valence-corrected chi connectivity index (χ1v) is 11.3. The third kappa shape index (κ3) is 5.55. The van der Waals surface area contributed by atoms with Crippen molar-refractivity contribution in [1.82, 2.24) is 19.1 Å². The van der Waals surface area contributed by atoms with Crippen molar-refractivity contribution >= 4 is 22.8 Å². The van der Waals surface area contributed by atoms with Crippen molar-refractivity contribution in [3.63, 3.8) is 0 Å². The summed E-state index contributed by atoms with van der Waals surface area (Å²) in [5, 5.41) is 2.26. The number of nitrogens with zero attached hydrogens (tertiary/aromatic N) is 3. The van der Waals surface area contributed by atoms with Crippen LogP contribution in [0.4, 0.5) is 14.5 Å². The summed E-state index contributed by atoms with van der Waals surface area (Å²) in [4.78, 5) is 44.4. The van der Waals surface area contributed by atoms with Gasteiger partial charge in [-0.25, -0.2) is 18.6 Å². The summed E-state index contributed by atoms with van der Waals surface area (Å²) in [5.74, 6) is -1.82. The van der Waals surface area contributed by atoms with Crippen molar-refractivity contribution in [3.05, 3.63) is 56.5 Å². The number of aromatic nitrogens is 4. The quantitative estimate of drug-likeness (QED) is 0.425. The molecule has 1 amide bonds. The fourth-order valence-corrected chi connectivity index (χ4v) is 3.74. The molecule has 0 saturated carbocycles. The molecule has 2 aromatic heterocycles. The van der Waals surface area contributed by atoms with E-state index in [1.807, 2.05) is 6.92 Å². The number of para-hydroxylation sites is 1. The average Bonchev–Trinajstić information content (AvgIpc) is 3.14. The van der Waals surface area contributed by atoms with Crippen LogP contribution in [0, 0.1) is 11.6 Å². The largest absolute Gasteiger partial charge is 0.330 e. The zero-order valence-electron chi connectivity index (χ0n) is 18.9. The summed E-state index contributed by atoms with van der Waals surface area (Å²) in [6.45, 7) is 4.99. The van der Waals surface area contributed by atoms with Crippen LogP contribution in [0.5, 0.6) is 0 Å². The molecule has 10 heteroatoms. The molecule has 3 aromatic rings. The molecular weight excluding hydrogens is 432 g/mol. The molecule has 0 aliphatic rings. The molecule has 2 heterocycles. The number of carbonyl (C=O) groups excluding carboxylic acids is 1. The summed E-state index contributed by atoms with van der Waals surface area (Å²) in [6, 6.07) is 3.34. The number of aromatic amines is 1. The molecule has 178 valence electrons. The number of nitrogens with one attached hydrogen (secondary N) is 2. The summed E-state index contributed by atoms with van der Waals surface area (Å²) < 4.78 is 30.9. The van der Waals surface area contributed by atoms with E-state index in [1.165, 1.54) is 10.6 Å². The van der Waals surface area contributed by atoms with Gasteiger partial charge in [0.2, 0.25) is 5.91 Å². The van der Waals surface area contributed by atoms with Crippen LogP contribution >= 0.6 is 0 Å². The van der Waals surface area contributed by atoms with Gasteiger partial charge >= 0.3 is 5.69 Å². The second kappa shape index (κ2) is 11.0. The number of hydrogen-bond acceptors (Lipinski definition) is 4. The van der Waals surface area contributed by atoms with Crippen LogP contribution in [-0.4, -0.2) is 25.0 Å². The number of benzene rings is 1. The van der Waals surface area contributed by atoms with E-state index in [-0.39, 0.29) is 12.8 Å². The highest BCUT2D eigenvalue weighted by atomic mass is 19.1. The molecule has 0 bridgehead atoms. The predicted octanol–water partition coefficient (Wildman–Crippen LogP) is 3.73. The van der Waals surface area contributed by atoms with Gasteiger partial charge in [-0.2, -0.15) is 0 Å². The smallest absolute Gasteiger partial charge is 0.322 e. The molecule has 8 nitrogen and oxygen atoms in total. The van der Waals surface area contributed by atoms with Crippen molar-refractivity contribution in [2.45, 2.75) is 71.9 Å². The highest BCUT2D eigenvalue weighted by molar-refractivity contribution is 5.91. The standard InChI is InChI=1S/C23H29F2N5O3/c1-3-5-7-14-29-17(11-12-18(31)27-19-15(24)9-8-10-16(19)25)26-21-20(29)22(32)28-23(33)30(21)13-6-4-2/h8-10H,3-7,11-14H2,1-2H3,(H,27,31)(H,28,32,33). The second-order valence-corrected chi connectivity index (χ2v) is 7.97. The Bertz CT molecular complexity index is 1230. The zero-order chi connectivity index (χ0) is 24.0. The van der Waals surface area contributed by atoms with Gasteiger partial charge in [0.05, 0.1) is 0 Å².